The summed E-state index contributed by atoms with van der Waals surface area (Å²) in [6.07, 6.45) is 7.79. The Morgan fingerprint density at radius 2 is 2.16 bits per heavy atom. The fraction of sp³-hybridized carbons (Fsp3) is 0.550. The first-order chi connectivity index (χ1) is 12.0. The minimum Gasteiger partial charge on any atom is -0.493 e. The van der Waals surface area contributed by atoms with Crippen molar-refractivity contribution in [1.82, 2.24) is 4.90 Å². The molecule has 0 bridgehead atoms. The van der Waals surface area contributed by atoms with Crippen molar-refractivity contribution in [3.05, 3.63) is 28.8 Å². The summed E-state index contributed by atoms with van der Waals surface area (Å²) in [6.45, 7) is 6.85. The highest BCUT2D eigenvalue weighted by atomic mass is 35.5. The summed E-state index contributed by atoms with van der Waals surface area (Å²) < 4.78 is 11.1. The lowest BCUT2D eigenvalue weighted by Gasteiger charge is -2.34. The van der Waals surface area contributed by atoms with E-state index < -0.39 is 0 Å². The summed E-state index contributed by atoms with van der Waals surface area (Å²) in [6, 6.07) is 3.98. The van der Waals surface area contributed by atoms with Crippen LogP contribution in [0.25, 0.3) is 6.08 Å². The van der Waals surface area contributed by atoms with Gasteiger partial charge in [-0.2, -0.15) is 0 Å². The Morgan fingerprint density at radius 1 is 1.40 bits per heavy atom. The molecule has 138 valence electrons. The monoisotopic (exact) mass is 365 g/mol. The zero-order valence-corrected chi connectivity index (χ0v) is 16.3. The van der Waals surface area contributed by atoms with Gasteiger partial charge in [-0.1, -0.05) is 18.5 Å². The third-order valence-electron chi connectivity index (χ3n) is 4.41. The molecule has 1 fully saturated rings. The minimum absolute atomic E-state index is 0.000511. The second kappa shape index (κ2) is 9.14. The van der Waals surface area contributed by atoms with E-state index in [9.17, 15) is 4.79 Å². The number of nitrogens with zero attached hydrogens (tertiary/aromatic N) is 1. The molecule has 0 radical (unpaired) electrons. The van der Waals surface area contributed by atoms with Gasteiger partial charge >= 0.3 is 0 Å². The van der Waals surface area contributed by atoms with Crippen LogP contribution in [0.5, 0.6) is 11.5 Å². The second-order valence-corrected chi connectivity index (χ2v) is 7.03. The van der Waals surface area contributed by atoms with Crippen LogP contribution in [0.4, 0.5) is 0 Å². The molecule has 0 aliphatic carbocycles. The van der Waals surface area contributed by atoms with Crippen molar-refractivity contribution in [2.24, 2.45) is 0 Å². The largest absolute Gasteiger partial charge is 0.493 e. The number of hydrogen-bond donors (Lipinski definition) is 0. The highest BCUT2D eigenvalue weighted by molar-refractivity contribution is 6.32. The minimum atomic E-state index is -0.000511. The van der Waals surface area contributed by atoms with Crippen molar-refractivity contribution < 1.29 is 14.3 Å². The van der Waals surface area contributed by atoms with E-state index in [0.717, 1.165) is 31.4 Å². The fourth-order valence-electron chi connectivity index (χ4n) is 3.16. The molecule has 1 heterocycles. The number of carbonyl (C=O) groups is 1. The molecule has 1 aromatic rings. The van der Waals surface area contributed by atoms with E-state index in [-0.39, 0.29) is 12.0 Å². The highest BCUT2D eigenvalue weighted by Crippen LogP contribution is 2.37. The lowest BCUT2D eigenvalue weighted by molar-refractivity contribution is -0.129. The van der Waals surface area contributed by atoms with E-state index >= 15 is 0 Å². The van der Waals surface area contributed by atoms with Crippen molar-refractivity contribution >= 4 is 23.6 Å². The number of likely N-dealkylation sites (tertiary alicyclic amines) is 1. The van der Waals surface area contributed by atoms with Gasteiger partial charge in [-0.25, -0.2) is 0 Å². The van der Waals surface area contributed by atoms with Crippen molar-refractivity contribution in [2.45, 2.75) is 58.6 Å². The molecule has 1 saturated heterocycles. The third-order valence-corrected chi connectivity index (χ3v) is 4.69. The molecule has 25 heavy (non-hydrogen) atoms. The molecule has 1 aliphatic rings. The summed E-state index contributed by atoms with van der Waals surface area (Å²) in [4.78, 5) is 14.5. The predicted molar refractivity (Wildman–Crippen MR) is 102 cm³/mol. The van der Waals surface area contributed by atoms with Crippen LogP contribution in [0, 0.1) is 0 Å². The molecule has 5 heteroatoms. The maximum absolute atomic E-state index is 12.5. The van der Waals surface area contributed by atoms with Crippen LogP contribution >= 0.6 is 11.6 Å². The standard InChI is InChI=1S/C20H28ClNO3/c1-5-16-8-6-7-11-22(16)19(23)10-9-15-12-17(21)20(25-14(2)3)18(13-15)24-4/h9-10,12-14,16H,5-8,11H2,1-4H3/b10-9+. The number of methoxy groups -OCH3 is 1. The van der Waals surface area contributed by atoms with Crippen LogP contribution in [0.2, 0.25) is 5.02 Å². The molecule has 4 nitrogen and oxygen atoms in total. The lowest BCUT2D eigenvalue weighted by Crippen LogP contribution is -2.42. The van der Waals surface area contributed by atoms with Crippen LogP contribution in [-0.2, 0) is 4.79 Å². The smallest absolute Gasteiger partial charge is 0.246 e. The summed E-state index contributed by atoms with van der Waals surface area (Å²) in [7, 11) is 1.58. The van der Waals surface area contributed by atoms with Gasteiger partial charge in [-0.15, -0.1) is 0 Å². The molecule has 2 rings (SSSR count). The Kier molecular flexibility index (Phi) is 7.18. The SMILES string of the molecule is CCC1CCCCN1C(=O)/C=C/c1cc(Cl)c(OC(C)C)c(OC)c1. The topological polar surface area (TPSA) is 38.8 Å². The van der Waals surface area contributed by atoms with Gasteiger partial charge in [0.05, 0.1) is 18.2 Å². The Bertz CT molecular complexity index is 628. The summed E-state index contributed by atoms with van der Waals surface area (Å²) in [5.41, 5.74) is 0.816. The maximum atomic E-state index is 12.5. The average molecular weight is 366 g/mol. The average Bonchev–Trinajstić information content (AvgIpc) is 2.61. The Labute approximate surface area is 155 Å². The summed E-state index contributed by atoms with van der Waals surface area (Å²) in [5.74, 6) is 1.16. The number of ether oxygens (including phenoxy) is 2. The second-order valence-electron chi connectivity index (χ2n) is 6.62. The van der Waals surface area contributed by atoms with Crippen molar-refractivity contribution in [2.75, 3.05) is 13.7 Å². The zero-order chi connectivity index (χ0) is 18.4. The summed E-state index contributed by atoms with van der Waals surface area (Å²) >= 11 is 6.33. The van der Waals surface area contributed by atoms with E-state index in [2.05, 4.69) is 6.92 Å². The molecule has 1 amide bonds. The normalized spacial score (nSPS) is 18.0. The zero-order valence-electron chi connectivity index (χ0n) is 15.5. The summed E-state index contributed by atoms with van der Waals surface area (Å²) in [5, 5.41) is 0.476. The first-order valence-corrected chi connectivity index (χ1v) is 9.36. The number of amides is 1. The van der Waals surface area contributed by atoms with E-state index in [4.69, 9.17) is 21.1 Å². The number of halogens is 1. The first-order valence-electron chi connectivity index (χ1n) is 8.99. The molecular weight excluding hydrogens is 338 g/mol. The van der Waals surface area contributed by atoms with Crippen molar-refractivity contribution in [1.29, 1.82) is 0 Å². The van der Waals surface area contributed by atoms with Crippen molar-refractivity contribution in [3.63, 3.8) is 0 Å². The molecule has 1 unspecified atom stereocenters. The quantitative estimate of drug-likeness (QED) is 0.670. The van der Waals surface area contributed by atoms with Gasteiger partial charge in [0.1, 0.15) is 0 Å². The Morgan fingerprint density at radius 3 is 2.80 bits per heavy atom. The van der Waals surface area contributed by atoms with Gasteiger partial charge in [0.2, 0.25) is 5.91 Å². The van der Waals surface area contributed by atoms with Crippen LogP contribution in [-0.4, -0.2) is 36.6 Å². The molecular formula is C20H28ClNO3. The van der Waals surface area contributed by atoms with Crippen LogP contribution in [0.15, 0.2) is 18.2 Å². The van der Waals surface area contributed by atoms with Crippen LogP contribution in [0.3, 0.4) is 0 Å². The van der Waals surface area contributed by atoms with E-state index in [1.165, 1.54) is 6.42 Å². The molecule has 1 aromatic carbocycles. The van der Waals surface area contributed by atoms with Gasteiger partial charge in [-0.3, -0.25) is 4.79 Å². The molecule has 1 aliphatic heterocycles. The molecule has 0 saturated carbocycles. The molecule has 1 atom stereocenters. The highest BCUT2D eigenvalue weighted by Gasteiger charge is 2.23. The molecule has 0 aromatic heterocycles. The predicted octanol–water partition coefficient (Wildman–Crippen LogP) is 4.94. The third kappa shape index (κ3) is 5.15. The van der Waals surface area contributed by atoms with E-state index in [1.807, 2.05) is 24.8 Å². The molecule has 0 spiro atoms. The Hall–Kier alpha value is -1.68. The van der Waals surface area contributed by atoms with Gasteiger partial charge in [0, 0.05) is 18.7 Å². The maximum Gasteiger partial charge on any atom is 0.246 e. The number of hydrogen-bond acceptors (Lipinski definition) is 3. The van der Waals surface area contributed by atoms with Crippen LogP contribution < -0.4 is 9.47 Å². The van der Waals surface area contributed by atoms with E-state index in [0.29, 0.717) is 22.6 Å². The van der Waals surface area contributed by atoms with Gasteiger partial charge in [0.25, 0.3) is 0 Å². The van der Waals surface area contributed by atoms with Gasteiger partial charge in [-0.05, 0) is 63.3 Å². The van der Waals surface area contributed by atoms with Gasteiger partial charge in [0.15, 0.2) is 11.5 Å². The van der Waals surface area contributed by atoms with Crippen LogP contribution in [0.1, 0.15) is 52.0 Å². The molecule has 0 N–H and O–H groups in total. The fourth-order valence-corrected chi connectivity index (χ4v) is 3.43. The number of carbonyl (C=O) groups excluding carboxylic acids is 1. The number of rotatable bonds is 6. The lowest BCUT2D eigenvalue weighted by atomic mass is 10.00. The number of benzene rings is 1. The van der Waals surface area contributed by atoms with Crippen molar-refractivity contribution in [3.8, 4) is 11.5 Å². The van der Waals surface area contributed by atoms with E-state index in [1.54, 1.807) is 25.3 Å². The Balaban J connectivity index is 2.17. The number of piperidine rings is 1. The first kappa shape index (κ1) is 19.6. The van der Waals surface area contributed by atoms with Gasteiger partial charge < -0.3 is 14.4 Å².